The molecular formula is C17H18O7. The molecule has 3 rings (SSSR count). The van der Waals surface area contributed by atoms with Crippen molar-refractivity contribution in [3.8, 4) is 34.5 Å². The maximum atomic E-state index is 10.4. The van der Waals surface area contributed by atoms with Gasteiger partial charge in [0.15, 0.2) is 17.6 Å². The minimum absolute atomic E-state index is 0.0267. The first-order chi connectivity index (χ1) is 11.4. The van der Waals surface area contributed by atoms with Crippen LogP contribution in [0.15, 0.2) is 24.3 Å². The lowest BCUT2D eigenvalue weighted by Gasteiger charge is -2.32. The van der Waals surface area contributed by atoms with Crippen molar-refractivity contribution >= 4 is 0 Å². The topological polar surface area (TPSA) is 109 Å². The Balaban J connectivity index is 2.01. The third kappa shape index (κ3) is 2.63. The van der Waals surface area contributed by atoms with E-state index in [-0.39, 0.29) is 29.4 Å². The Labute approximate surface area is 138 Å². The smallest absolute Gasteiger partial charge is 0.202 e. The van der Waals surface area contributed by atoms with Crippen molar-refractivity contribution in [1.29, 1.82) is 0 Å². The van der Waals surface area contributed by atoms with Crippen LogP contribution in [0, 0.1) is 0 Å². The summed E-state index contributed by atoms with van der Waals surface area (Å²) >= 11 is 0. The van der Waals surface area contributed by atoms with E-state index in [4.69, 9.17) is 14.2 Å². The minimum atomic E-state index is -0.928. The lowest BCUT2D eigenvalue weighted by molar-refractivity contribution is 0.0195. The highest BCUT2D eigenvalue weighted by Crippen LogP contribution is 2.45. The molecule has 0 radical (unpaired) electrons. The molecule has 1 aliphatic rings. The second kappa shape index (κ2) is 6.01. The van der Waals surface area contributed by atoms with Crippen LogP contribution in [0.5, 0.6) is 34.5 Å². The van der Waals surface area contributed by atoms with Gasteiger partial charge in [0.05, 0.1) is 20.3 Å². The van der Waals surface area contributed by atoms with Crippen LogP contribution >= 0.6 is 0 Å². The number of ether oxygens (including phenoxy) is 3. The van der Waals surface area contributed by atoms with Crippen LogP contribution in [0.2, 0.25) is 0 Å². The number of fused-ring (bicyclic) bond motifs is 1. The van der Waals surface area contributed by atoms with Gasteiger partial charge in [0.1, 0.15) is 17.2 Å². The summed E-state index contributed by atoms with van der Waals surface area (Å²) in [5.74, 6) is 0.190. The van der Waals surface area contributed by atoms with Crippen molar-refractivity contribution in [2.75, 3.05) is 14.2 Å². The molecule has 1 aliphatic heterocycles. The molecule has 2 aromatic carbocycles. The zero-order valence-electron chi connectivity index (χ0n) is 13.2. The third-order valence-corrected chi connectivity index (χ3v) is 3.99. The van der Waals surface area contributed by atoms with Crippen molar-refractivity contribution < 1.29 is 34.6 Å². The largest absolute Gasteiger partial charge is 0.508 e. The zero-order valence-corrected chi connectivity index (χ0v) is 13.2. The van der Waals surface area contributed by atoms with E-state index in [9.17, 15) is 20.4 Å². The summed E-state index contributed by atoms with van der Waals surface area (Å²) in [7, 11) is 2.79. The molecule has 0 fully saturated rings. The Hall–Kier alpha value is -2.80. The number of rotatable bonds is 3. The molecule has 24 heavy (non-hydrogen) atoms. The highest BCUT2D eigenvalue weighted by atomic mass is 16.5. The second-order valence-corrected chi connectivity index (χ2v) is 5.53. The van der Waals surface area contributed by atoms with Crippen LogP contribution in [-0.2, 0) is 6.42 Å². The van der Waals surface area contributed by atoms with Crippen LogP contribution < -0.4 is 14.2 Å². The summed E-state index contributed by atoms with van der Waals surface area (Å²) in [6, 6.07) is 5.59. The van der Waals surface area contributed by atoms with Gasteiger partial charge in [0, 0.05) is 29.7 Å². The van der Waals surface area contributed by atoms with Crippen molar-refractivity contribution in [2.45, 2.75) is 18.6 Å². The molecule has 128 valence electrons. The molecule has 4 N–H and O–H groups in total. The molecule has 0 bridgehead atoms. The number of phenols is 3. The second-order valence-electron chi connectivity index (χ2n) is 5.53. The predicted octanol–water partition coefficient (Wildman–Crippen LogP) is 1.86. The van der Waals surface area contributed by atoms with Gasteiger partial charge < -0.3 is 34.6 Å². The maximum Gasteiger partial charge on any atom is 0.202 e. The van der Waals surface area contributed by atoms with E-state index in [0.717, 1.165) is 0 Å². The fourth-order valence-electron chi connectivity index (χ4n) is 2.91. The van der Waals surface area contributed by atoms with Gasteiger partial charge in [-0.2, -0.15) is 0 Å². The van der Waals surface area contributed by atoms with Crippen LogP contribution in [0.4, 0.5) is 0 Å². The summed E-state index contributed by atoms with van der Waals surface area (Å²) in [6.45, 7) is 0. The highest BCUT2D eigenvalue weighted by molar-refractivity contribution is 5.55. The van der Waals surface area contributed by atoms with Gasteiger partial charge in [-0.15, -0.1) is 0 Å². The van der Waals surface area contributed by atoms with Gasteiger partial charge in [0.25, 0.3) is 0 Å². The predicted molar refractivity (Wildman–Crippen MR) is 84.1 cm³/mol. The number of aromatic hydroxyl groups is 3. The molecule has 0 amide bonds. The molecular weight excluding hydrogens is 316 g/mol. The summed E-state index contributed by atoms with van der Waals surface area (Å²) in [6.07, 6.45) is -1.52. The van der Waals surface area contributed by atoms with Gasteiger partial charge in [-0.3, -0.25) is 0 Å². The lowest BCUT2D eigenvalue weighted by Crippen LogP contribution is -2.30. The number of methoxy groups -OCH3 is 2. The Bertz CT molecular complexity index is 749. The average Bonchev–Trinajstić information content (AvgIpc) is 2.53. The SMILES string of the molecule is COc1cc(O)cc2c1C[C@@H](O)[C@@H](c1cc(O)c(OC)c(O)c1)O2. The molecule has 7 nitrogen and oxygen atoms in total. The van der Waals surface area contributed by atoms with E-state index in [1.54, 1.807) is 0 Å². The molecule has 2 aromatic rings. The van der Waals surface area contributed by atoms with E-state index < -0.39 is 12.2 Å². The Kier molecular flexibility index (Phi) is 4.02. The summed E-state index contributed by atoms with van der Waals surface area (Å²) in [4.78, 5) is 0. The Morgan fingerprint density at radius 1 is 1.00 bits per heavy atom. The first-order valence-electron chi connectivity index (χ1n) is 7.29. The van der Waals surface area contributed by atoms with Crippen LogP contribution in [-0.4, -0.2) is 40.7 Å². The summed E-state index contributed by atoms with van der Waals surface area (Å²) in [5.41, 5.74) is 1.02. The van der Waals surface area contributed by atoms with Crippen molar-refractivity contribution in [3.63, 3.8) is 0 Å². The fourth-order valence-corrected chi connectivity index (χ4v) is 2.91. The normalized spacial score (nSPS) is 19.3. The highest BCUT2D eigenvalue weighted by Gasteiger charge is 2.33. The molecule has 0 spiro atoms. The number of aliphatic hydroxyl groups is 1. The molecule has 1 heterocycles. The minimum Gasteiger partial charge on any atom is -0.508 e. The molecule has 0 saturated carbocycles. The molecule has 0 unspecified atom stereocenters. The number of aliphatic hydroxyl groups excluding tert-OH is 1. The van der Waals surface area contributed by atoms with Gasteiger partial charge >= 0.3 is 0 Å². The van der Waals surface area contributed by atoms with Gasteiger partial charge in [-0.05, 0) is 12.1 Å². The fraction of sp³-hybridized carbons (Fsp3) is 0.294. The van der Waals surface area contributed by atoms with Crippen molar-refractivity contribution in [3.05, 3.63) is 35.4 Å². The number of benzene rings is 2. The molecule has 0 aromatic heterocycles. The molecule has 0 saturated heterocycles. The maximum absolute atomic E-state index is 10.4. The molecule has 2 atom stereocenters. The number of hydrogen-bond acceptors (Lipinski definition) is 7. The monoisotopic (exact) mass is 334 g/mol. The van der Waals surface area contributed by atoms with Crippen LogP contribution in [0.3, 0.4) is 0 Å². The van der Waals surface area contributed by atoms with E-state index in [2.05, 4.69) is 0 Å². The quantitative estimate of drug-likeness (QED) is 0.678. The number of hydrogen-bond donors (Lipinski definition) is 4. The van der Waals surface area contributed by atoms with Crippen molar-refractivity contribution in [1.82, 2.24) is 0 Å². The van der Waals surface area contributed by atoms with E-state index in [1.165, 1.54) is 38.5 Å². The molecule has 0 aliphatic carbocycles. The molecule has 7 heteroatoms. The van der Waals surface area contributed by atoms with Gasteiger partial charge in [0.2, 0.25) is 5.75 Å². The third-order valence-electron chi connectivity index (χ3n) is 3.99. The number of phenolic OH excluding ortho intramolecular Hbond substituents is 3. The average molecular weight is 334 g/mol. The first kappa shape index (κ1) is 16.1. The van der Waals surface area contributed by atoms with Crippen LogP contribution in [0.1, 0.15) is 17.2 Å². The van der Waals surface area contributed by atoms with Crippen LogP contribution in [0.25, 0.3) is 0 Å². The van der Waals surface area contributed by atoms with E-state index in [1.807, 2.05) is 0 Å². The van der Waals surface area contributed by atoms with Gasteiger partial charge in [-0.25, -0.2) is 0 Å². The zero-order chi connectivity index (χ0) is 17.4. The first-order valence-corrected chi connectivity index (χ1v) is 7.29. The summed E-state index contributed by atoms with van der Waals surface area (Å²) < 4.78 is 15.9. The Morgan fingerprint density at radius 2 is 1.67 bits per heavy atom. The van der Waals surface area contributed by atoms with E-state index >= 15 is 0 Å². The van der Waals surface area contributed by atoms with Gasteiger partial charge in [-0.1, -0.05) is 0 Å². The lowest BCUT2D eigenvalue weighted by atomic mass is 9.93. The van der Waals surface area contributed by atoms with Crippen molar-refractivity contribution in [2.24, 2.45) is 0 Å². The van der Waals surface area contributed by atoms with E-state index in [0.29, 0.717) is 22.6 Å². The Morgan fingerprint density at radius 3 is 2.25 bits per heavy atom. The summed E-state index contributed by atoms with van der Waals surface area (Å²) in [5, 5.41) is 40.0. The standard InChI is InChI=1S/C17H18O7/c1-22-14-5-9(18)6-15-10(14)7-13(21)16(24-15)8-3-11(19)17(23-2)12(20)4-8/h3-6,13,16,18-21H,7H2,1-2H3/t13-,16-/m1/s1.